The number of halogens is 1. The Morgan fingerprint density at radius 1 is 0.889 bits per heavy atom. The highest BCUT2D eigenvalue weighted by molar-refractivity contribution is 6.30. The molecule has 8 heteroatoms. The molecule has 1 atom stereocenters. The molecule has 0 aliphatic carbocycles. The number of ether oxygens (including phenoxy) is 1. The molecule has 0 radical (unpaired) electrons. The first-order valence-corrected chi connectivity index (χ1v) is 11.9. The third kappa shape index (κ3) is 3.13. The van der Waals surface area contributed by atoms with Gasteiger partial charge in [-0.25, -0.2) is 4.79 Å². The molecule has 6 rings (SSSR count). The third-order valence-electron chi connectivity index (χ3n) is 6.89. The van der Waals surface area contributed by atoms with Gasteiger partial charge in [0.05, 0.1) is 46.8 Å². The lowest BCUT2D eigenvalue weighted by Gasteiger charge is -2.31. The van der Waals surface area contributed by atoms with Crippen molar-refractivity contribution in [3.8, 4) is 22.7 Å². The van der Waals surface area contributed by atoms with Gasteiger partial charge in [0.2, 0.25) is 0 Å². The van der Waals surface area contributed by atoms with Gasteiger partial charge in [-0.2, -0.15) is 0 Å². The molecule has 0 fully saturated rings. The molecule has 36 heavy (non-hydrogen) atoms. The summed E-state index contributed by atoms with van der Waals surface area (Å²) >= 11 is 6.19. The number of methoxy groups -OCH3 is 1. The first-order valence-electron chi connectivity index (χ1n) is 11.5. The fourth-order valence-electron chi connectivity index (χ4n) is 5.15. The van der Waals surface area contributed by atoms with Crippen molar-refractivity contribution in [2.24, 2.45) is 14.1 Å². The number of benzene rings is 3. The van der Waals surface area contributed by atoms with Crippen molar-refractivity contribution in [2.45, 2.75) is 6.04 Å². The summed E-state index contributed by atoms with van der Waals surface area (Å²) in [7, 11) is 4.84. The molecule has 0 amide bonds. The Balaban J connectivity index is 1.83. The smallest absolute Gasteiger partial charge is 0.331 e. The summed E-state index contributed by atoms with van der Waals surface area (Å²) in [6, 6.07) is 22.9. The Morgan fingerprint density at radius 2 is 1.58 bits per heavy atom. The zero-order valence-corrected chi connectivity index (χ0v) is 20.7. The van der Waals surface area contributed by atoms with Gasteiger partial charge in [-0.1, -0.05) is 35.9 Å². The minimum absolute atomic E-state index is 0.329. The van der Waals surface area contributed by atoms with Crippen LogP contribution in [0.1, 0.15) is 17.3 Å². The summed E-state index contributed by atoms with van der Waals surface area (Å²) in [5, 5.41) is 4.75. The molecule has 3 aromatic carbocycles. The van der Waals surface area contributed by atoms with Crippen molar-refractivity contribution < 1.29 is 4.74 Å². The van der Waals surface area contributed by atoms with Crippen LogP contribution in [0.4, 0.5) is 5.69 Å². The topological polar surface area (TPSA) is 70.2 Å². The predicted molar refractivity (Wildman–Crippen MR) is 143 cm³/mol. The molecular formula is C28H23ClN4O3. The van der Waals surface area contributed by atoms with E-state index in [1.165, 1.54) is 7.05 Å². The van der Waals surface area contributed by atoms with Crippen LogP contribution in [0.25, 0.3) is 27.8 Å². The quantitative estimate of drug-likeness (QED) is 0.385. The maximum atomic E-state index is 13.7. The second kappa shape index (κ2) is 8.17. The van der Waals surface area contributed by atoms with E-state index >= 15 is 0 Å². The number of para-hydroxylation sites is 2. The van der Waals surface area contributed by atoms with Crippen LogP contribution in [-0.4, -0.2) is 20.8 Å². The van der Waals surface area contributed by atoms with Gasteiger partial charge in [0.15, 0.2) is 0 Å². The fraction of sp³-hybridized carbons (Fsp3) is 0.143. The van der Waals surface area contributed by atoms with Gasteiger partial charge in [-0.05, 0) is 59.7 Å². The molecule has 5 aromatic rings. The van der Waals surface area contributed by atoms with Crippen molar-refractivity contribution in [2.75, 3.05) is 12.4 Å². The normalized spacial score (nSPS) is 14.3. The summed E-state index contributed by atoms with van der Waals surface area (Å²) in [6.07, 6.45) is 0. The number of nitrogens with one attached hydrogen (secondary N) is 1. The van der Waals surface area contributed by atoms with E-state index in [2.05, 4.69) is 9.88 Å². The zero-order valence-electron chi connectivity index (χ0n) is 19.9. The second-order valence-electron chi connectivity index (χ2n) is 8.87. The van der Waals surface area contributed by atoms with E-state index in [1.54, 1.807) is 18.7 Å². The average Bonchev–Trinajstić information content (AvgIpc) is 3.27. The van der Waals surface area contributed by atoms with E-state index in [9.17, 15) is 9.59 Å². The van der Waals surface area contributed by atoms with Crippen LogP contribution in [0.5, 0.6) is 5.75 Å². The Labute approximate surface area is 211 Å². The van der Waals surface area contributed by atoms with E-state index in [1.807, 2.05) is 72.8 Å². The monoisotopic (exact) mass is 498 g/mol. The van der Waals surface area contributed by atoms with Gasteiger partial charge in [-0.15, -0.1) is 0 Å². The molecule has 1 N–H and O–H groups in total. The number of hydrogen-bond acceptors (Lipinski definition) is 4. The fourth-order valence-corrected chi connectivity index (χ4v) is 5.27. The zero-order chi connectivity index (χ0) is 25.1. The number of rotatable bonds is 3. The Kier molecular flexibility index (Phi) is 5.05. The lowest BCUT2D eigenvalue weighted by atomic mass is 9.99. The Morgan fingerprint density at radius 3 is 2.28 bits per heavy atom. The van der Waals surface area contributed by atoms with Crippen LogP contribution in [0.2, 0.25) is 5.02 Å². The summed E-state index contributed by atoms with van der Waals surface area (Å²) in [6.45, 7) is 0. The molecule has 180 valence electrons. The van der Waals surface area contributed by atoms with Gasteiger partial charge in [-0.3, -0.25) is 13.9 Å². The second-order valence-corrected chi connectivity index (χ2v) is 9.31. The number of nitrogens with zero attached hydrogens (tertiary/aromatic N) is 3. The SMILES string of the molecule is COc1ccc(-c2c3c(=O)n(C)c(=O)n(C)c3c3n2-c2ccccc2N[C@H]3c2ccc(Cl)cc2)cc1. The molecule has 0 bridgehead atoms. The summed E-state index contributed by atoms with van der Waals surface area (Å²) < 4.78 is 10.2. The standard InChI is InChI=1S/C28H23ClN4O3/c1-31-25-22(27(34)32(2)28(31)35)24(17-10-14-19(36-3)15-11-17)33-21-7-5-4-6-20(21)30-23(26(25)33)16-8-12-18(29)13-9-16/h4-15,23,30H,1-3H3/t23-/m0/s1. The first kappa shape index (κ1) is 22.2. The maximum absolute atomic E-state index is 13.7. The number of fused-ring (bicyclic) bond motifs is 5. The van der Waals surface area contributed by atoms with Crippen molar-refractivity contribution in [1.82, 2.24) is 13.7 Å². The van der Waals surface area contributed by atoms with Crippen molar-refractivity contribution in [3.63, 3.8) is 0 Å². The van der Waals surface area contributed by atoms with E-state index in [0.29, 0.717) is 15.9 Å². The number of hydrogen-bond donors (Lipinski definition) is 1. The molecule has 1 aliphatic rings. The van der Waals surface area contributed by atoms with Crippen molar-refractivity contribution >= 4 is 28.2 Å². The molecule has 0 saturated heterocycles. The van der Waals surface area contributed by atoms with Crippen LogP contribution in [0, 0.1) is 0 Å². The Hall–Kier alpha value is -4.23. The largest absolute Gasteiger partial charge is 0.497 e. The summed E-state index contributed by atoms with van der Waals surface area (Å²) in [5.41, 5.74) is 5.04. The summed E-state index contributed by atoms with van der Waals surface area (Å²) in [5.74, 6) is 0.717. The number of anilines is 1. The number of aromatic nitrogens is 3. The van der Waals surface area contributed by atoms with Gasteiger partial charge >= 0.3 is 5.69 Å². The minimum Gasteiger partial charge on any atom is -0.497 e. The molecule has 7 nitrogen and oxygen atoms in total. The highest BCUT2D eigenvalue weighted by Gasteiger charge is 2.34. The molecule has 0 spiro atoms. The highest BCUT2D eigenvalue weighted by atomic mass is 35.5. The minimum atomic E-state index is -0.379. The molecule has 3 heterocycles. The van der Waals surface area contributed by atoms with Crippen LogP contribution in [0.3, 0.4) is 0 Å². The predicted octanol–water partition coefficient (Wildman–Crippen LogP) is 4.87. The molecule has 2 aromatic heterocycles. The maximum Gasteiger partial charge on any atom is 0.331 e. The molecule has 1 aliphatic heterocycles. The summed E-state index contributed by atoms with van der Waals surface area (Å²) in [4.78, 5) is 26.8. The number of aryl methyl sites for hydroxylation is 1. The van der Waals surface area contributed by atoms with E-state index in [-0.39, 0.29) is 17.3 Å². The first-order chi connectivity index (χ1) is 17.4. The van der Waals surface area contributed by atoms with Crippen LogP contribution < -0.4 is 21.3 Å². The Bertz CT molecular complexity index is 1760. The highest BCUT2D eigenvalue weighted by Crippen LogP contribution is 2.45. The molecule has 0 unspecified atom stereocenters. The van der Waals surface area contributed by atoms with Crippen LogP contribution in [-0.2, 0) is 14.1 Å². The third-order valence-corrected chi connectivity index (χ3v) is 7.15. The van der Waals surface area contributed by atoms with Gasteiger partial charge in [0.1, 0.15) is 5.75 Å². The van der Waals surface area contributed by atoms with E-state index < -0.39 is 0 Å². The van der Waals surface area contributed by atoms with Gasteiger partial charge < -0.3 is 14.6 Å². The van der Waals surface area contributed by atoms with Crippen LogP contribution in [0.15, 0.2) is 82.4 Å². The van der Waals surface area contributed by atoms with Crippen LogP contribution >= 0.6 is 11.6 Å². The van der Waals surface area contributed by atoms with Crippen molar-refractivity contribution in [3.05, 3.63) is 110 Å². The molecule has 0 saturated carbocycles. The van der Waals surface area contributed by atoms with E-state index in [0.717, 1.165) is 44.2 Å². The molecular weight excluding hydrogens is 476 g/mol. The lowest BCUT2D eigenvalue weighted by Crippen LogP contribution is -2.37. The van der Waals surface area contributed by atoms with Gasteiger partial charge in [0, 0.05) is 19.1 Å². The average molecular weight is 499 g/mol. The lowest BCUT2D eigenvalue weighted by molar-refractivity contribution is 0.415. The van der Waals surface area contributed by atoms with Crippen molar-refractivity contribution in [1.29, 1.82) is 0 Å². The van der Waals surface area contributed by atoms with Gasteiger partial charge in [0.25, 0.3) is 5.56 Å². The van der Waals surface area contributed by atoms with E-state index in [4.69, 9.17) is 16.3 Å².